The Morgan fingerprint density at radius 3 is 2.76 bits per heavy atom. The Morgan fingerprint density at radius 2 is 2.03 bits per heavy atom. The molecule has 29 heavy (non-hydrogen) atoms. The van der Waals surface area contributed by atoms with Crippen molar-refractivity contribution in [2.75, 3.05) is 6.61 Å². The van der Waals surface area contributed by atoms with Gasteiger partial charge < -0.3 is 15.2 Å². The number of ether oxygens (including phenoxy) is 1. The maximum absolute atomic E-state index is 12.8. The fraction of sp³-hybridized carbons (Fsp3) is 0.455. The van der Waals surface area contributed by atoms with Crippen LogP contribution in [0.1, 0.15) is 55.8 Å². The largest absolute Gasteiger partial charge is 0.477 e. The molecule has 7 heteroatoms. The Bertz CT molecular complexity index is 860. The number of aromatic nitrogens is 1. The number of pyridine rings is 1. The van der Waals surface area contributed by atoms with Gasteiger partial charge in [0.05, 0.1) is 29.3 Å². The molecule has 3 rings (SSSR count). The van der Waals surface area contributed by atoms with E-state index < -0.39 is 6.10 Å². The Kier molecular flexibility index (Phi) is 7.76. The Hall–Kier alpha value is -1.82. The third-order valence-corrected chi connectivity index (χ3v) is 5.67. The highest BCUT2D eigenvalue weighted by atomic mass is 35.5. The van der Waals surface area contributed by atoms with E-state index in [1.807, 2.05) is 0 Å². The summed E-state index contributed by atoms with van der Waals surface area (Å²) in [7, 11) is 0. The molecule has 1 aromatic heterocycles. The van der Waals surface area contributed by atoms with Crippen molar-refractivity contribution in [2.45, 2.75) is 57.6 Å². The molecule has 1 amide bonds. The van der Waals surface area contributed by atoms with E-state index in [0.29, 0.717) is 45.6 Å². The lowest BCUT2D eigenvalue weighted by atomic mass is 9.92. The van der Waals surface area contributed by atoms with Gasteiger partial charge in [0.25, 0.3) is 5.91 Å². The van der Waals surface area contributed by atoms with Gasteiger partial charge >= 0.3 is 0 Å². The lowest BCUT2D eigenvalue weighted by Crippen LogP contribution is -2.45. The van der Waals surface area contributed by atoms with Gasteiger partial charge in [-0.05, 0) is 37.5 Å². The van der Waals surface area contributed by atoms with Gasteiger partial charge in [-0.2, -0.15) is 0 Å². The monoisotopic (exact) mass is 436 g/mol. The zero-order valence-corrected chi connectivity index (χ0v) is 18.0. The van der Waals surface area contributed by atoms with Crippen LogP contribution in [0.4, 0.5) is 0 Å². The van der Waals surface area contributed by atoms with E-state index >= 15 is 0 Å². The standard InChI is InChI=1S/C22H26Cl2N2O3/c1-2-3-10-29-22-17(16-9-8-15(23)12-18(16)24)11-14(13-25-22)21(28)26-19-6-4-5-7-20(19)27/h8-9,11-13,19-20,27H,2-7,10H2,1H3,(H,26,28)/t19?,20-/m1/s1. The molecular formula is C22H26Cl2N2O3. The number of carbonyl (C=O) groups excluding carboxylic acids is 1. The van der Waals surface area contributed by atoms with E-state index in [4.69, 9.17) is 27.9 Å². The fourth-order valence-electron chi connectivity index (χ4n) is 3.44. The van der Waals surface area contributed by atoms with E-state index in [9.17, 15) is 9.90 Å². The summed E-state index contributed by atoms with van der Waals surface area (Å²) < 4.78 is 5.84. The van der Waals surface area contributed by atoms with E-state index in [-0.39, 0.29) is 11.9 Å². The van der Waals surface area contributed by atoms with Gasteiger partial charge in [0.2, 0.25) is 5.88 Å². The number of amides is 1. The van der Waals surface area contributed by atoms with Crippen molar-refractivity contribution in [2.24, 2.45) is 0 Å². The number of hydrogen-bond donors (Lipinski definition) is 2. The Balaban J connectivity index is 1.89. The average Bonchev–Trinajstić information content (AvgIpc) is 2.70. The first-order chi connectivity index (χ1) is 14.0. The number of nitrogens with zero attached hydrogens (tertiary/aromatic N) is 1. The number of carbonyl (C=O) groups is 1. The van der Waals surface area contributed by atoms with Crippen LogP contribution in [0.5, 0.6) is 5.88 Å². The molecule has 0 aliphatic heterocycles. The molecule has 0 bridgehead atoms. The number of benzene rings is 1. The van der Waals surface area contributed by atoms with Crippen LogP contribution >= 0.6 is 23.2 Å². The first-order valence-electron chi connectivity index (χ1n) is 10.1. The van der Waals surface area contributed by atoms with Crippen LogP contribution in [0, 0.1) is 0 Å². The number of halogens is 2. The second kappa shape index (κ2) is 10.3. The van der Waals surface area contributed by atoms with E-state index in [0.717, 1.165) is 32.1 Å². The predicted molar refractivity (Wildman–Crippen MR) is 116 cm³/mol. The van der Waals surface area contributed by atoms with Crippen LogP contribution in [-0.4, -0.2) is 34.8 Å². The zero-order valence-electron chi connectivity index (χ0n) is 16.5. The summed E-state index contributed by atoms with van der Waals surface area (Å²) in [6.07, 6.45) is 6.35. The number of rotatable bonds is 7. The summed E-state index contributed by atoms with van der Waals surface area (Å²) in [6, 6.07) is 6.68. The van der Waals surface area contributed by atoms with Crippen LogP contribution in [0.15, 0.2) is 30.5 Å². The molecule has 2 atom stereocenters. The molecule has 2 N–H and O–H groups in total. The molecular weight excluding hydrogens is 411 g/mol. The SMILES string of the molecule is CCCCOc1ncc(C(=O)NC2CCCC[C@H]2O)cc1-c1ccc(Cl)cc1Cl. The van der Waals surface area contributed by atoms with Crippen molar-refractivity contribution < 1.29 is 14.6 Å². The summed E-state index contributed by atoms with van der Waals surface area (Å²) in [4.78, 5) is 17.2. The Morgan fingerprint density at radius 1 is 1.24 bits per heavy atom. The van der Waals surface area contributed by atoms with Gasteiger partial charge in [0.1, 0.15) is 0 Å². The van der Waals surface area contributed by atoms with Crippen molar-refractivity contribution in [3.8, 4) is 17.0 Å². The van der Waals surface area contributed by atoms with Crippen LogP contribution in [0.2, 0.25) is 10.0 Å². The van der Waals surface area contributed by atoms with Gasteiger partial charge in [-0.15, -0.1) is 0 Å². The molecule has 1 fully saturated rings. The maximum Gasteiger partial charge on any atom is 0.253 e. The summed E-state index contributed by atoms with van der Waals surface area (Å²) in [5, 5.41) is 14.1. The molecule has 0 radical (unpaired) electrons. The number of hydrogen-bond acceptors (Lipinski definition) is 4. The fourth-order valence-corrected chi connectivity index (χ4v) is 3.95. The predicted octanol–water partition coefficient (Wildman–Crippen LogP) is 5.27. The molecule has 1 aliphatic carbocycles. The van der Waals surface area contributed by atoms with E-state index in [1.54, 1.807) is 24.3 Å². The van der Waals surface area contributed by atoms with Crippen LogP contribution in [-0.2, 0) is 0 Å². The Labute approximate surface area is 181 Å². The summed E-state index contributed by atoms with van der Waals surface area (Å²) in [5.41, 5.74) is 1.73. The third kappa shape index (κ3) is 5.62. The summed E-state index contributed by atoms with van der Waals surface area (Å²) >= 11 is 12.4. The van der Waals surface area contributed by atoms with Gasteiger partial charge in [0, 0.05) is 22.3 Å². The molecule has 5 nitrogen and oxygen atoms in total. The molecule has 0 spiro atoms. The number of aliphatic hydroxyl groups is 1. The normalized spacial score (nSPS) is 19.0. The van der Waals surface area contributed by atoms with Crippen molar-refractivity contribution in [3.63, 3.8) is 0 Å². The minimum absolute atomic E-state index is 0.237. The molecule has 1 unspecified atom stereocenters. The lowest BCUT2D eigenvalue weighted by Gasteiger charge is -2.28. The summed E-state index contributed by atoms with van der Waals surface area (Å²) in [6.45, 7) is 2.61. The molecule has 0 saturated heterocycles. The maximum atomic E-state index is 12.8. The smallest absolute Gasteiger partial charge is 0.253 e. The zero-order chi connectivity index (χ0) is 20.8. The van der Waals surface area contributed by atoms with Crippen molar-refractivity contribution in [1.29, 1.82) is 0 Å². The molecule has 1 aromatic carbocycles. The number of unbranched alkanes of at least 4 members (excludes halogenated alkanes) is 1. The van der Waals surface area contributed by atoms with Crippen LogP contribution in [0.3, 0.4) is 0 Å². The third-order valence-electron chi connectivity index (χ3n) is 5.12. The van der Waals surface area contributed by atoms with Gasteiger partial charge in [0.15, 0.2) is 0 Å². The van der Waals surface area contributed by atoms with Crippen molar-refractivity contribution in [1.82, 2.24) is 10.3 Å². The second-order valence-corrected chi connectivity index (χ2v) is 8.18. The minimum Gasteiger partial charge on any atom is -0.477 e. The highest BCUT2D eigenvalue weighted by molar-refractivity contribution is 6.36. The van der Waals surface area contributed by atoms with Crippen molar-refractivity contribution in [3.05, 3.63) is 46.1 Å². The average molecular weight is 437 g/mol. The highest BCUT2D eigenvalue weighted by Crippen LogP contribution is 2.36. The van der Waals surface area contributed by atoms with Crippen LogP contribution in [0.25, 0.3) is 11.1 Å². The van der Waals surface area contributed by atoms with Gasteiger partial charge in [-0.1, -0.05) is 55.5 Å². The first-order valence-corrected chi connectivity index (χ1v) is 10.8. The second-order valence-electron chi connectivity index (χ2n) is 7.33. The molecule has 1 aliphatic rings. The topological polar surface area (TPSA) is 71.5 Å². The van der Waals surface area contributed by atoms with E-state index in [1.165, 1.54) is 6.20 Å². The van der Waals surface area contributed by atoms with Crippen molar-refractivity contribution >= 4 is 29.1 Å². The molecule has 156 valence electrons. The summed E-state index contributed by atoms with van der Waals surface area (Å²) in [5.74, 6) is 0.159. The lowest BCUT2D eigenvalue weighted by molar-refractivity contribution is 0.0717. The van der Waals surface area contributed by atoms with Gasteiger partial charge in [-0.25, -0.2) is 4.98 Å². The number of aliphatic hydroxyl groups excluding tert-OH is 1. The first kappa shape index (κ1) is 21.9. The quantitative estimate of drug-likeness (QED) is 0.579. The van der Waals surface area contributed by atoms with E-state index in [2.05, 4.69) is 17.2 Å². The highest BCUT2D eigenvalue weighted by Gasteiger charge is 2.25. The molecule has 1 saturated carbocycles. The molecule has 2 aromatic rings. The molecule has 1 heterocycles. The van der Waals surface area contributed by atoms with Gasteiger partial charge in [-0.3, -0.25) is 4.79 Å². The van der Waals surface area contributed by atoms with Crippen LogP contribution < -0.4 is 10.1 Å². The number of nitrogens with one attached hydrogen (secondary N) is 1. The minimum atomic E-state index is -0.512.